The molecule has 1 aromatic rings. The molecule has 90 valence electrons. The van der Waals surface area contributed by atoms with Crippen LogP contribution in [0, 0.1) is 11.3 Å². The van der Waals surface area contributed by atoms with Crippen LogP contribution in [0.3, 0.4) is 0 Å². The van der Waals surface area contributed by atoms with E-state index in [1.165, 1.54) is 0 Å². The van der Waals surface area contributed by atoms with E-state index in [1.807, 2.05) is 18.2 Å². The molecule has 0 amide bonds. The van der Waals surface area contributed by atoms with Crippen LogP contribution in [0.5, 0.6) is 5.75 Å². The number of anilines is 2. The fourth-order valence-electron chi connectivity index (χ4n) is 1.93. The average Bonchev–Trinajstić information content (AvgIpc) is 2.39. The van der Waals surface area contributed by atoms with Crippen molar-refractivity contribution in [3.63, 3.8) is 0 Å². The third-order valence-electron chi connectivity index (χ3n) is 2.81. The highest BCUT2D eigenvalue weighted by Gasteiger charge is 2.22. The van der Waals surface area contributed by atoms with Crippen LogP contribution in [-0.4, -0.2) is 32.9 Å². The van der Waals surface area contributed by atoms with Gasteiger partial charge in [-0.1, -0.05) is 6.07 Å². The van der Waals surface area contributed by atoms with Crippen molar-refractivity contribution >= 4 is 11.4 Å². The summed E-state index contributed by atoms with van der Waals surface area (Å²) in [5.74, 6) is 0.655. The van der Waals surface area contributed by atoms with Gasteiger partial charge in [0.2, 0.25) is 0 Å². The molecule has 0 aromatic heterocycles. The average molecular weight is 233 g/mol. The summed E-state index contributed by atoms with van der Waals surface area (Å²) in [4.78, 5) is 2.05. The molecule has 0 spiro atoms. The van der Waals surface area contributed by atoms with E-state index in [-0.39, 0.29) is 0 Å². The Morgan fingerprint density at radius 3 is 3.12 bits per heavy atom. The van der Waals surface area contributed by atoms with Crippen LogP contribution < -0.4 is 15.4 Å². The van der Waals surface area contributed by atoms with Gasteiger partial charge in [-0.15, -0.1) is 0 Å². The van der Waals surface area contributed by atoms with Gasteiger partial charge in [-0.25, -0.2) is 0 Å². The number of benzene rings is 1. The van der Waals surface area contributed by atoms with Crippen molar-refractivity contribution in [2.24, 2.45) is 0 Å². The third kappa shape index (κ3) is 2.27. The van der Waals surface area contributed by atoms with Crippen molar-refractivity contribution in [3.05, 3.63) is 18.2 Å². The zero-order chi connectivity index (χ0) is 12.3. The zero-order valence-electron chi connectivity index (χ0n) is 9.72. The van der Waals surface area contributed by atoms with Crippen LogP contribution >= 0.6 is 0 Å². The molecule has 1 saturated heterocycles. The van der Waals surface area contributed by atoms with Crippen LogP contribution in [0.25, 0.3) is 0 Å². The number of morpholine rings is 1. The molecule has 1 aliphatic heterocycles. The minimum absolute atomic E-state index is 0.394. The molecule has 0 radical (unpaired) electrons. The van der Waals surface area contributed by atoms with Crippen molar-refractivity contribution in [3.8, 4) is 11.8 Å². The van der Waals surface area contributed by atoms with Gasteiger partial charge in [0.05, 0.1) is 37.7 Å². The third-order valence-corrected chi connectivity index (χ3v) is 2.81. The molecule has 5 heteroatoms. The molecular formula is C12H15N3O2. The summed E-state index contributed by atoms with van der Waals surface area (Å²) in [5, 5.41) is 8.87. The number of nitrogen functional groups attached to an aromatic ring is 1. The van der Waals surface area contributed by atoms with Gasteiger partial charge < -0.3 is 20.1 Å². The molecule has 1 atom stereocenters. The molecular weight excluding hydrogens is 218 g/mol. The number of hydrogen-bond acceptors (Lipinski definition) is 5. The highest BCUT2D eigenvalue weighted by atomic mass is 16.5. The molecule has 1 fully saturated rings. The number of para-hydroxylation sites is 1. The van der Waals surface area contributed by atoms with Gasteiger partial charge in [-0.05, 0) is 12.1 Å². The summed E-state index contributed by atoms with van der Waals surface area (Å²) < 4.78 is 10.5. The molecule has 1 aromatic carbocycles. The van der Waals surface area contributed by atoms with Gasteiger partial charge in [0.15, 0.2) is 6.10 Å². The SMILES string of the molecule is COc1cccc(N2CCOC(C#N)C2)c1N. The van der Waals surface area contributed by atoms with Crippen LogP contribution in [0.15, 0.2) is 18.2 Å². The molecule has 1 unspecified atom stereocenters. The van der Waals surface area contributed by atoms with Gasteiger partial charge >= 0.3 is 0 Å². The molecule has 1 heterocycles. The summed E-state index contributed by atoms with van der Waals surface area (Å²) in [5.41, 5.74) is 7.52. The number of nitriles is 1. The van der Waals surface area contributed by atoms with Gasteiger partial charge in [0, 0.05) is 6.54 Å². The lowest BCUT2D eigenvalue weighted by molar-refractivity contribution is 0.0765. The number of methoxy groups -OCH3 is 1. The monoisotopic (exact) mass is 233 g/mol. The quantitative estimate of drug-likeness (QED) is 0.772. The van der Waals surface area contributed by atoms with Crippen LogP contribution in [-0.2, 0) is 4.74 Å². The number of ether oxygens (including phenoxy) is 2. The van der Waals surface area contributed by atoms with E-state index in [2.05, 4.69) is 11.0 Å². The van der Waals surface area contributed by atoms with E-state index in [0.29, 0.717) is 24.6 Å². The Labute approximate surface area is 100 Å². The Kier molecular flexibility index (Phi) is 3.35. The van der Waals surface area contributed by atoms with E-state index in [0.717, 1.165) is 12.2 Å². The maximum atomic E-state index is 8.87. The Morgan fingerprint density at radius 2 is 2.41 bits per heavy atom. The molecule has 0 saturated carbocycles. The number of rotatable bonds is 2. The Hall–Kier alpha value is -1.93. The lowest BCUT2D eigenvalue weighted by atomic mass is 10.2. The van der Waals surface area contributed by atoms with E-state index >= 15 is 0 Å². The van der Waals surface area contributed by atoms with Crippen LogP contribution in [0.4, 0.5) is 11.4 Å². The predicted octanol–water partition coefficient (Wildman–Crippen LogP) is 1.01. The Morgan fingerprint density at radius 1 is 1.59 bits per heavy atom. The number of nitrogens with zero attached hydrogens (tertiary/aromatic N) is 2. The fraction of sp³-hybridized carbons (Fsp3) is 0.417. The smallest absolute Gasteiger partial charge is 0.161 e. The highest BCUT2D eigenvalue weighted by molar-refractivity contribution is 5.74. The molecule has 17 heavy (non-hydrogen) atoms. The maximum absolute atomic E-state index is 8.87. The van der Waals surface area contributed by atoms with E-state index in [4.69, 9.17) is 20.5 Å². The van der Waals surface area contributed by atoms with Crippen LogP contribution in [0.1, 0.15) is 0 Å². The topological polar surface area (TPSA) is 71.5 Å². The standard InChI is InChI=1S/C12H15N3O2/c1-16-11-4-2-3-10(12(11)14)15-5-6-17-9(7-13)8-15/h2-4,9H,5-6,8,14H2,1H3. The first kappa shape index (κ1) is 11.6. The number of nitrogens with two attached hydrogens (primary N) is 1. The van der Waals surface area contributed by atoms with Crippen LogP contribution in [0.2, 0.25) is 0 Å². The first-order chi connectivity index (χ1) is 8.26. The maximum Gasteiger partial charge on any atom is 0.161 e. The summed E-state index contributed by atoms with van der Waals surface area (Å²) in [6, 6.07) is 7.75. The summed E-state index contributed by atoms with van der Waals surface area (Å²) in [6.07, 6.45) is -0.394. The van der Waals surface area contributed by atoms with Crippen molar-refractivity contribution in [1.29, 1.82) is 5.26 Å². The Balaban J connectivity index is 2.25. The minimum Gasteiger partial charge on any atom is -0.495 e. The first-order valence-corrected chi connectivity index (χ1v) is 5.45. The van der Waals surface area contributed by atoms with Gasteiger partial charge in [-0.2, -0.15) is 5.26 Å². The molecule has 0 aliphatic carbocycles. The largest absolute Gasteiger partial charge is 0.495 e. The second kappa shape index (κ2) is 4.93. The normalized spacial score (nSPS) is 19.8. The van der Waals surface area contributed by atoms with E-state index < -0.39 is 6.10 Å². The summed E-state index contributed by atoms with van der Waals surface area (Å²) >= 11 is 0. The Bertz CT molecular complexity index is 442. The molecule has 5 nitrogen and oxygen atoms in total. The predicted molar refractivity (Wildman–Crippen MR) is 65.0 cm³/mol. The van der Waals surface area contributed by atoms with Gasteiger partial charge in [0.1, 0.15) is 5.75 Å². The molecule has 0 bridgehead atoms. The molecule has 2 rings (SSSR count). The highest BCUT2D eigenvalue weighted by Crippen LogP contribution is 2.32. The zero-order valence-corrected chi connectivity index (χ0v) is 9.72. The molecule has 1 aliphatic rings. The second-order valence-electron chi connectivity index (χ2n) is 3.83. The van der Waals surface area contributed by atoms with Crippen molar-refractivity contribution in [2.45, 2.75) is 6.10 Å². The summed E-state index contributed by atoms with van der Waals surface area (Å²) in [6.45, 7) is 1.80. The lowest BCUT2D eigenvalue weighted by Crippen LogP contribution is -2.42. The minimum atomic E-state index is -0.394. The molecule has 2 N–H and O–H groups in total. The first-order valence-electron chi connectivity index (χ1n) is 5.45. The van der Waals surface area contributed by atoms with E-state index in [9.17, 15) is 0 Å². The van der Waals surface area contributed by atoms with E-state index in [1.54, 1.807) is 7.11 Å². The fourth-order valence-corrected chi connectivity index (χ4v) is 1.93. The summed E-state index contributed by atoms with van der Waals surface area (Å²) in [7, 11) is 1.59. The van der Waals surface area contributed by atoms with Crippen molar-refractivity contribution in [1.82, 2.24) is 0 Å². The lowest BCUT2D eigenvalue weighted by Gasteiger charge is -2.32. The number of hydrogen-bond donors (Lipinski definition) is 1. The second-order valence-corrected chi connectivity index (χ2v) is 3.83. The van der Waals surface area contributed by atoms with Gasteiger partial charge in [0.25, 0.3) is 0 Å². The van der Waals surface area contributed by atoms with Gasteiger partial charge in [-0.3, -0.25) is 0 Å². The van der Waals surface area contributed by atoms with Crippen molar-refractivity contribution < 1.29 is 9.47 Å². The van der Waals surface area contributed by atoms with Crippen molar-refractivity contribution in [2.75, 3.05) is 37.4 Å².